The minimum Gasteiger partial charge on any atom is -0.336 e. The van der Waals surface area contributed by atoms with E-state index in [4.69, 9.17) is 0 Å². The second-order valence-corrected chi connectivity index (χ2v) is 4.97. The zero-order valence-corrected chi connectivity index (χ0v) is 10.7. The van der Waals surface area contributed by atoms with Gasteiger partial charge in [-0.15, -0.1) is 0 Å². The van der Waals surface area contributed by atoms with Crippen molar-refractivity contribution in [3.63, 3.8) is 0 Å². The Balaban J connectivity index is 2.47. The smallest absolute Gasteiger partial charge is 0.173 e. The van der Waals surface area contributed by atoms with Crippen molar-refractivity contribution in [2.24, 2.45) is 5.92 Å². The van der Waals surface area contributed by atoms with Gasteiger partial charge in [0.05, 0.1) is 0 Å². The first kappa shape index (κ1) is 11.2. The summed E-state index contributed by atoms with van der Waals surface area (Å²) < 4.78 is 0. The SMILES string of the molecule is CC(C)C1N(C)c2nccnc2N1C(C)C. The normalized spacial score (nSPS) is 19.8. The van der Waals surface area contributed by atoms with Crippen LogP contribution in [-0.4, -0.2) is 29.2 Å². The highest BCUT2D eigenvalue weighted by Gasteiger charge is 2.38. The van der Waals surface area contributed by atoms with Crippen molar-refractivity contribution in [2.45, 2.75) is 39.9 Å². The van der Waals surface area contributed by atoms with E-state index in [0.29, 0.717) is 18.1 Å². The summed E-state index contributed by atoms with van der Waals surface area (Å²) in [5.74, 6) is 2.55. The highest BCUT2D eigenvalue weighted by atomic mass is 15.5. The van der Waals surface area contributed by atoms with Gasteiger partial charge in [0.25, 0.3) is 0 Å². The van der Waals surface area contributed by atoms with Crippen LogP contribution in [0.4, 0.5) is 11.6 Å². The zero-order valence-electron chi connectivity index (χ0n) is 10.7. The number of nitrogens with zero attached hydrogens (tertiary/aromatic N) is 4. The van der Waals surface area contributed by atoms with E-state index in [1.54, 1.807) is 12.4 Å². The molecule has 0 spiro atoms. The number of anilines is 2. The lowest BCUT2D eigenvalue weighted by Gasteiger charge is -2.35. The maximum Gasteiger partial charge on any atom is 0.173 e. The van der Waals surface area contributed by atoms with Crippen LogP contribution >= 0.6 is 0 Å². The topological polar surface area (TPSA) is 32.3 Å². The van der Waals surface area contributed by atoms with Crippen LogP contribution in [-0.2, 0) is 0 Å². The third-order valence-electron chi connectivity index (χ3n) is 3.07. The summed E-state index contributed by atoms with van der Waals surface area (Å²) in [6, 6.07) is 0.438. The number of aromatic nitrogens is 2. The van der Waals surface area contributed by atoms with E-state index in [2.05, 4.69) is 54.5 Å². The van der Waals surface area contributed by atoms with Gasteiger partial charge in [-0.25, -0.2) is 9.97 Å². The lowest BCUT2D eigenvalue weighted by Crippen LogP contribution is -2.48. The second-order valence-electron chi connectivity index (χ2n) is 4.97. The Morgan fingerprint density at radius 1 is 1.06 bits per heavy atom. The maximum atomic E-state index is 4.47. The van der Waals surface area contributed by atoms with Crippen molar-refractivity contribution in [2.75, 3.05) is 16.8 Å². The molecule has 0 N–H and O–H groups in total. The van der Waals surface area contributed by atoms with Crippen LogP contribution < -0.4 is 9.80 Å². The van der Waals surface area contributed by atoms with Crippen molar-refractivity contribution in [1.29, 1.82) is 0 Å². The molecule has 2 rings (SSSR count). The summed E-state index contributed by atoms with van der Waals surface area (Å²) in [5.41, 5.74) is 0. The number of rotatable bonds is 2. The molecular weight excluding hydrogens is 200 g/mol. The van der Waals surface area contributed by atoms with E-state index in [-0.39, 0.29) is 0 Å². The van der Waals surface area contributed by atoms with Crippen LogP contribution in [0.15, 0.2) is 12.4 Å². The van der Waals surface area contributed by atoms with E-state index in [1.165, 1.54) is 0 Å². The Bertz CT molecular complexity index is 375. The van der Waals surface area contributed by atoms with E-state index >= 15 is 0 Å². The molecule has 0 amide bonds. The molecule has 4 heteroatoms. The van der Waals surface area contributed by atoms with Gasteiger partial charge >= 0.3 is 0 Å². The van der Waals surface area contributed by atoms with Crippen molar-refractivity contribution in [3.8, 4) is 0 Å². The Kier molecular flexibility index (Phi) is 2.74. The van der Waals surface area contributed by atoms with Crippen LogP contribution in [0, 0.1) is 5.92 Å². The van der Waals surface area contributed by atoms with Crippen LogP contribution in [0.5, 0.6) is 0 Å². The molecule has 16 heavy (non-hydrogen) atoms. The van der Waals surface area contributed by atoms with Crippen molar-refractivity contribution in [3.05, 3.63) is 12.4 Å². The maximum absolute atomic E-state index is 4.47. The third-order valence-corrected chi connectivity index (χ3v) is 3.07. The minimum atomic E-state index is 0.359. The highest BCUT2D eigenvalue weighted by Crippen LogP contribution is 2.38. The molecule has 88 valence electrons. The first-order valence-corrected chi connectivity index (χ1v) is 5.86. The Labute approximate surface area is 97.3 Å². The molecular formula is C12H20N4. The quantitative estimate of drug-likeness (QED) is 0.764. The number of hydrogen-bond acceptors (Lipinski definition) is 4. The van der Waals surface area contributed by atoms with Crippen LogP contribution in [0.1, 0.15) is 27.7 Å². The molecule has 0 bridgehead atoms. The van der Waals surface area contributed by atoms with Crippen molar-refractivity contribution < 1.29 is 0 Å². The molecule has 1 atom stereocenters. The molecule has 0 saturated carbocycles. The summed E-state index contributed by atoms with van der Waals surface area (Å²) in [6.45, 7) is 8.88. The predicted molar refractivity (Wildman–Crippen MR) is 66.7 cm³/mol. The summed E-state index contributed by atoms with van der Waals surface area (Å²) in [7, 11) is 2.10. The Morgan fingerprint density at radius 2 is 1.62 bits per heavy atom. The summed E-state index contributed by atoms with van der Waals surface area (Å²) in [6.07, 6.45) is 3.89. The molecule has 0 aromatic carbocycles. The monoisotopic (exact) mass is 220 g/mol. The van der Waals surface area contributed by atoms with Crippen LogP contribution in [0.3, 0.4) is 0 Å². The van der Waals surface area contributed by atoms with Crippen molar-refractivity contribution in [1.82, 2.24) is 9.97 Å². The highest BCUT2D eigenvalue weighted by molar-refractivity contribution is 5.69. The molecule has 1 unspecified atom stereocenters. The second kappa shape index (κ2) is 3.92. The van der Waals surface area contributed by atoms with Gasteiger partial charge in [-0.3, -0.25) is 0 Å². The molecule has 1 aromatic heterocycles. The van der Waals surface area contributed by atoms with Gasteiger partial charge in [0.1, 0.15) is 6.17 Å². The van der Waals surface area contributed by atoms with E-state index in [0.717, 1.165) is 11.6 Å². The first-order chi connectivity index (χ1) is 7.54. The molecule has 1 aliphatic rings. The lowest BCUT2D eigenvalue weighted by atomic mass is 10.1. The van der Waals surface area contributed by atoms with Crippen molar-refractivity contribution >= 4 is 11.6 Å². The van der Waals surface area contributed by atoms with Gasteiger partial charge in [-0.1, -0.05) is 13.8 Å². The Morgan fingerprint density at radius 3 is 2.12 bits per heavy atom. The molecule has 0 saturated heterocycles. The van der Waals surface area contributed by atoms with E-state index in [1.807, 2.05) is 0 Å². The van der Waals surface area contributed by atoms with Gasteiger partial charge in [0.15, 0.2) is 11.6 Å². The molecule has 1 aliphatic heterocycles. The fourth-order valence-electron chi connectivity index (χ4n) is 2.51. The average molecular weight is 220 g/mol. The third kappa shape index (κ3) is 1.52. The summed E-state index contributed by atoms with van der Waals surface area (Å²) in [5, 5.41) is 0. The zero-order chi connectivity index (χ0) is 11.9. The van der Waals surface area contributed by atoms with Gasteiger partial charge in [-0.05, 0) is 19.8 Å². The fraction of sp³-hybridized carbons (Fsp3) is 0.667. The van der Waals surface area contributed by atoms with E-state index < -0.39 is 0 Å². The lowest BCUT2D eigenvalue weighted by molar-refractivity contribution is 0.440. The average Bonchev–Trinajstić information content (AvgIpc) is 2.53. The van der Waals surface area contributed by atoms with Gasteiger partial charge < -0.3 is 9.80 Å². The molecule has 0 fully saturated rings. The van der Waals surface area contributed by atoms with E-state index in [9.17, 15) is 0 Å². The fourth-order valence-corrected chi connectivity index (χ4v) is 2.51. The van der Waals surface area contributed by atoms with Gasteiger partial charge in [0.2, 0.25) is 0 Å². The molecule has 0 radical (unpaired) electrons. The van der Waals surface area contributed by atoms with Crippen LogP contribution in [0.25, 0.3) is 0 Å². The van der Waals surface area contributed by atoms with Gasteiger partial charge in [-0.2, -0.15) is 0 Å². The Hall–Kier alpha value is -1.32. The first-order valence-electron chi connectivity index (χ1n) is 5.86. The van der Waals surface area contributed by atoms with Crippen LogP contribution in [0.2, 0.25) is 0 Å². The molecule has 0 aliphatic carbocycles. The molecule has 2 heterocycles. The predicted octanol–water partition coefficient (Wildman–Crippen LogP) is 2.12. The summed E-state index contributed by atoms with van der Waals surface area (Å²) in [4.78, 5) is 13.5. The summed E-state index contributed by atoms with van der Waals surface area (Å²) >= 11 is 0. The molecule has 1 aromatic rings. The largest absolute Gasteiger partial charge is 0.336 e. The molecule has 4 nitrogen and oxygen atoms in total. The number of fused-ring (bicyclic) bond motifs is 1. The van der Waals surface area contributed by atoms with Gasteiger partial charge in [0, 0.05) is 25.5 Å². The minimum absolute atomic E-state index is 0.359. The standard InChI is InChI=1S/C12H20N4/c1-8(2)12-15(5)10-11(14-7-6-13-10)16(12)9(3)4/h6-9,12H,1-5H3. The number of hydrogen-bond donors (Lipinski definition) is 0.